The third kappa shape index (κ3) is 4.93. The summed E-state index contributed by atoms with van der Waals surface area (Å²) in [5.41, 5.74) is 1.61. The molecule has 2 rings (SSSR count). The zero-order chi connectivity index (χ0) is 17.0. The highest BCUT2D eigenvalue weighted by Gasteiger charge is 2.17. The summed E-state index contributed by atoms with van der Waals surface area (Å²) in [6.07, 6.45) is 5.80. The number of fused-ring (bicyclic) bond motifs is 1. The molecule has 0 radical (unpaired) electrons. The molecule has 0 fully saturated rings. The lowest BCUT2D eigenvalue weighted by molar-refractivity contribution is 0.0740. The van der Waals surface area contributed by atoms with Crippen LogP contribution in [0.2, 0.25) is 0 Å². The van der Waals surface area contributed by atoms with Gasteiger partial charge in [0.15, 0.2) is 0 Å². The van der Waals surface area contributed by atoms with Gasteiger partial charge in [-0.3, -0.25) is 9.20 Å². The molecule has 0 saturated carbocycles. The van der Waals surface area contributed by atoms with E-state index in [2.05, 4.69) is 55.3 Å². The van der Waals surface area contributed by atoms with Gasteiger partial charge in [-0.25, -0.2) is 4.98 Å². The normalized spacial score (nSPS) is 11.6. The van der Waals surface area contributed by atoms with Crippen LogP contribution in [0.25, 0.3) is 5.65 Å². The van der Waals surface area contributed by atoms with Gasteiger partial charge < -0.3 is 4.90 Å². The van der Waals surface area contributed by atoms with Crippen molar-refractivity contribution in [3.05, 3.63) is 33.8 Å². The molecule has 1 amide bonds. The van der Waals surface area contributed by atoms with E-state index in [4.69, 9.17) is 0 Å². The Morgan fingerprint density at radius 3 is 2.35 bits per heavy atom. The minimum atomic E-state index is 0.123. The van der Waals surface area contributed by atoms with E-state index in [1.54, 1.807) is 0 Å². The largest absolute Gasteiger partial charge is 0.339 e. The van der Waals surface area contributed by atoms with E-state index in [1.807, 2.05) is 33.8 Å². The zero-order valence-corrected chi connectivity index (χ0v) is 16.6. The summed E-state index contributed by atoms with van der Waals surface area (Å²) in [6, 6.07) is 3.80. The van der Waals surface area contributed by atoms with Gasteiger partial charge in [-0.15, -0.1) is 0 Å². The molecule has 0 N–H and O–H groups in total. The maximum Gasteiger partial charge on any atom is 0.255 e. The van der Waals surface area contributed by atoms with Crippen LogP contribution in [0.1, 0.15) is 50.9 Å². The average molecular weight is 427 g/mol. The predicted molar refractivity (Wildman–Crippen MR) is 103 cm³/mol. The maximum atomic E-state index is 12.9. The molecular weight excluding hydrogens is 401 g/mol. The first kappa shape index (κ1) is 18.2. The molecule has 0 atom stereocenters. The number of aromatic nitrogens is 2. The number of halogens is 1. The summed E-state index contributed by atoms with van der Waals surface area (Å²) in [5, 5.41) is 0. The van der Waals surface area contributed by atoms with E-state index in [1.165, 1.54) is 0 Å². The lowest BCUT2D eigenvalue weighted by Gasteiger charge is -2.24. The molecular formula is C18H26IN3O. The molecule has 0 saturated heterocycles. The quantitative estimate of drug-likeness (QED) is 0.612. The number of rotatable bonds is 7. The fraction of sp³-hybridized carbons (Fsp3) is 0.556. The van der Waals surface area contributed by atoms with Crippen molar-refractivity contribution < 1.29 is 4.79 Å². The van der Waals surface area contributed by atoms with Crippen molar-refractivity contribution in [2.75, 3.05) is 13.1 Å². The Morgan fingerprint density at radius 2 is 1.78 bits per heavy atom. The van der Waals surface area contributed by atoms with Crippen molar-refractivity contribution in [2.24, 2.45) is 11.8 Å². The molecule has 23 heavy (non-hydrogen) atoms. The van der Waals surface area contributed by atoms with Crippen LogP contribution >= 0.6 is 22.6 Å². The van der Waals surface area contributed by atoms with Gasteiger partial charge >= 0.3 is 0 Å². The number of pyridine rings is 1. The van der Waals surface area contributed by atoms with Crippen LogP contribution in [0.3, 0.4) is 0 Å². The van der Waals surface area contributed by atoms with Crippen molar-refractivity contribution in [1.29, 1.82) is 0 Å². The highest BCUT2D eigenvalue weighted by atomic mass is 127. The SMILES string of the molecule is CC(C)CCN(CCC(C)C)C(=O)c1ccc2ncc(I)n2c1. The van der Waals surface area contributed by atoms with Crippen molar-refractivity contribution in [2.45, 2.75) is 40.5 Å². The Balaban J connectivity index is 2.20. The van der Waals surface area contributed by atoms with Crippen molar-refractivity contribution in [1.82, 2.24) is 14.3 Å². The van der Waals surface area contributed by atoms with Crippen molar-refractivity contribution in [3.63, 3.8) is 0 Å². The molecule has 0 aliphatic heterocycles. The van der Waals surface area contributed by atoms with Crippen LogP contribution in [0.4, 0.5) is 0 Å². The lowest BCUT2D eigenvalue weighted by atomic mass is 10.1. The second-order valence-electron chi connectivity index (χ2n) is 6.88. The third-order valence-electron chi connectivity index (χ3n) is 3.95. The van der Waals surface area contributed by atoms with Gasteiger partial charge in [0.1, 0.15) is 9.35 Å². The van der Waals surface area contributed by atoms with Crippen molar-refractivity contribution in [3.8, 4) is 0 Å². The van der Waals surface area contributed by atoms with E-state index in [0.29, 0.717) is 11.8 Å². The van der Waals surface area contributed by atoms with Crippen LogP contribution < -0.4 is 0 Å². The fourth-order valence-electron chi connectivity index (χ4n) is 2.40. The Bertz CT molecular complexity index is 651. The average Bonchev–Trinajstić information content (AvgIpc) is 2.87. The smallest absolute Gasteiger partial charge is 0.255 e. The first-order chi connectivity index (χ1) is 10.9. The highest BCUT2D eigenvalue weighted by molar-refractivity contribution is 14.1. The van der Waals surface area contributed by atoms with Gasteiger partial charge in [0.25, 0.3) is 5.91 Å². The maximum absolute atomic E-state index is 12.9. The number of carbonyl (C=O) groups excluding carboxylic acids is 1. The second kappa shape index (κ2) is 8.13. The van der Waals surface area contributed by atoms with Crippen molar-refractivity contribution >= 4 is 34.1 Å². The van der Waals surface area contributed by atoms with Gasteiger partial charge in [-0.1, -0.05) is 27.7 Å². The highest BCUT2D eigenvalue weighted by Crippen LogP contribution is 2.15. The number of hydrogen-bond acceptors (Lipinski definition) is 2. The molecule has 2 aromatic rings. The molecule has 0 unspecified atom stereocenters. The summed E-state index contributed by atoms with van der Waals surface area (Å²) in [6.45, 7) is 10.4. The molecule has 4 nitrogen and oxygen atoms in total. The molecule has 0 aliphatic carbocycles. The zero-order valence-electron chi connectivity index (χ0n) is 14.4. The molecule has 0 aliphatic rings. The van der Waals surface area contributed by atoms with E-state index in [9.17, 15) is 4.79 Å². The molecule has 126 valence electrons. The number of nitrogens with zero attached hydrogens (tertiary/aromatic N) is 3. The summed E-state index contributed by atoms with van der Waals surface area (Å²) in [4.78, 5) is 19.3. The van der Waals surface area contributed by atoms with Crippen LogP contribution in [0.15, 0.2) is 24.5 Å². The summed E-state index contributed by atoms with van der Waals surface area (Å²) in [5.74, 6) is 1.32. The lowest BCUT2D eigenvalue weighted by Crippen LogP contribution is -2.34. The first-order valence-corrected chi connectivity index (χ1v) is 9.38. The third-order valence-corrected chi connectivity index (χ3v) is 4.75. The molecule has 0 spiro atoms. The van der Waals surface area contributed by atoms with Crippen LogP contribution in [0, 0.1) is 15.5 Å². The Morgan fingerprint density at radius 1 is 1.17 bits per heavy atom. The monoisotopic (exact) mass is 427 g/mol. The number of amides is 1. The Hall–Kier alpha value is -1.11. The molecule has 0 aromatic carbocycles. The van der Waals surface area contributed by atoms with Gasteiger partial charge in [0.2, 0.25) is 0 Å². The minimum absolute atomic E-state index is 0.123. The summed E-state index contributed by atoms with van der Waals surface area (Å²) >= 11 is 2.24. The van der Waals surface area contributed by atoms with E-state index in [-0.39, 0.29) is 5.91 Å². The van der Waals surface area contributed by atoms with Gasteiger partial charge in [0, 0.05) is 19.3 Å². The Kier molecular flexibility index (Phi) is 6.44. The van der Waals surface area contributed by atoms with Gasteiger partial charge in [0.05, 0.1) is 11.8 Å². The van der Waals surface area contributed by atoms with Crippen LogP contribution in [-0.2, 0) is 0 Å². The molecule has 2 aromatic heterocycles. The Labute approximate surface area is 152 Å². The van der Waals surface area contributed by atoms with Crippen LogP contribution in [-0.4, -0.2) is 33.3 Å². The summed E-state index contributed by atoms with van der Waals surface area (Å²) in [7, 11) is 0. The number of imidazole rings is 1. The van der Waals surface area contributed by atoms with E-state index < -0.39 is 0 Å². The fourth-order valence-corrected chi connectivity index (χ4v) is 2.93. The molecule has 2 heterocycles. The molecule has 5 heteroatoms. The van der Waals surface area contributed by atoms with E-state index in [0.717, 1.165) is 40.8 Å². The minimum Gasteiger partial charge on any atom is -0.339 e. The van der Waals surface area contributed by atoms with E-state index >= 15 is 0 Å². The van der Waals surface area contributed by atoms with Gasteiger partial charge in [-0.05, 0) is 59.4 Å². The standard InChI is InChI=1S/C18H26IN3O/c1-13(2)7-9-21(10-8-14(3)4)18(23)15-5-6-17-20-11-16(19)22(17)12-15/h5-6,11-14H,7-10H2,1-4H3. The van der Waals surface area contributed by atoms with Crippen LogP contribution in [0.5, 0.6) is 0 Å². The summed E-state index contributed by atoms with van der Waals surface area (Å²) < 4.78 is 2.99. The number of hydrogen-bond donors (Lipinski definition) is 0. The predicted octanol–water partition coefficient (Wildman–Crippen LogP) is 4.47. The second-order valence-corrected chi connectivity index (χ2v) is 7.99. The first-order valence-electron chi connectivity index (χ1n) is 8.30. The molecule has 0 bridgehead atoms. The topological polar surface area (TPSA) is 37.6 Å². The number of carbonyl (C=O) groups is 1. The van der Waals surface area contributed by atoms with Gasteiger partial charge in [-0.2, -0.15) is 0 Å².